The molecule has 0 unspecified atom stereocenters. The van der Waals surface area contributed by atoms with Crippen LogP contribution in [0.5, 0.6) is 0 Å². The number of urea groups is 1. The molecule has 28 heavy (non-hydrogen) atoms. The third-order valence-electron chi connectivity index (χ3n) is 5.12. The van der Waals surface area contributed by atoms with Crippen molar-refractivity contribution in [3.05, 3.63) is 69.8 Å². The number of rotatable bonds is 6. The number of aryl methyl sites for hydroxylation is 1. The topological polar surface area (TPSA) is 87.5 Å². The molecule has 7 heteroatoms. The number of non-ortho nitro benzene ring substituents is 1. The first kappa shape index (κ1) is 19.8. The number of nitro groups is 1. The number of amides is 2. The summed E-state index contributed by atoms with van der Waals surface area (Å²) in [7, 11) is 0. The summed E-state index contributed by atoms with van der Waals surface area (Å²) < 4.78 is 0. The Kier molecular flexibility index (Phi) is 6.60. The van der Waals surface area contributed by atoms with Gasteiger partial charge in [-0.05, 0) is 56.5 Å². The maximum atomic E-state index is 12.0. The lowest BCUT2D eigenvalue weighted by Crippen LogP contribution is -2.39. The van der Waals surface area contributed by atoms with Gasteiger partial charge in [0.1, 0.15) is 0 Å². The fraction of sp³-hybridized carbons (Fsp3) is 0.381. The second-order valence-corrected chi connectivity index (χ2v) is 7.34. The minimum atomic E-state index is -0.463. The number of anilines is 1. The van der Waals surface area contributed by atoms with Gasteiger partial charge in [-0.15, -0.1) is 0 Å². The molecular weight excluding hydrogens is 356 g/mol. The Morgan fingerprint density at radius 1 is 1.11 bits per heavy atom. The first-order valence-corrected chi connectivity index (χ1v) is 9.57. The Bertz CT molecular complexity index is 797. The SMILES string of the molecule is Cc1ccc(CN2CCC(CNC(=O)Nc3ccc([N+](=O)[O-])cc3)CC2)cc1. The fourth-order valence-corrected chi connectivity index (χ4v) is 3.38. The van der Waals surface area contributed by atoms with Crippen LogP contribution < -0.4 is 10.6 Å². The second-order valence-electron chi connectivity index (χ2n) is 7.34. The number of benzene rings is 2. The molecule has 2 aromatic rings. The average Bonchev–Trinajstić information content (AvgIpc) is 2.69. The third kappa shape index (κ3) is 5.79. The maximum Gasteiger partial charge on any atom is 0.319 e. The molecule has 1 aliphatic heterocycles. The van der Waals surface area contributed by atoms with Crippen LogP contribution in [0, 0.1) is 23.0 Å². The van der Waals surface area contributed by atoms with E-state index in [4.69, 9.17) is 0 Å². The van der Waals surface area contributed by atoms with Gasteiger partial charge in [-0.1, -0.05) is 29.8 Å². The number of hydrogen-bond acceptors (Lipinski definition) is 4. The van der Waals surface area contributed by atoms with Crippen LogP contribution in [0.3, 0.4) is 0 Å². The number of piperidine rings is 1. The van der Waals surface area contributed by atoms with Crippen LogP contribution in [-0.2, 0) is 6.54 Å². The minimum Gasteiger partial charge on any atom is -0.338 e. The lowest BCUT2D eigenvalue weighted by Gasteiger charge is -2.32. The van der Waals surface area contributed by atoms with Crippen LogP contribution in [0.25, 0.3) is 0 Å². The number of carbonyl (C=O) groups excluding carboxylic acids is 1. The smallest absolute Gasteiger partial charge is 0.319 e. The van der Waals surface area contributed by atoms with Gasteiger partial charge in [-0.3, -0.25) is 15.0 Å². The lowest BCUT2D eigenvalue weighted by atomic mass is 9.96. The highest BCUT2D eigenvalue weighted by atomic mass is 16.6. The number of nitro benzene ring substituents is 1. The largest absolute Gasteiger partial charge is 0.338 e. The van der Waals surface area contributed by atoms with Crippen molar-refractivity contribution in [2.75, 3.05) is 25.0 Å². The van der Waals surface area contributed by atoms with Crippen molar-refractivity contribution < 1.29 is 9.72 Å². The second kappa shape index (κ2) is 9.32. The summed E-state index contributed by atoms with van der Waals surface area (Å²) in [5.74, 6) is 0.469. The van der Waals surface area contributed by atoms with Gasteiger partial charge in [0.25, 0.3) is 5.69 Å². The first-order chi connectivity index (χ1) is 13.5. The van der Waals surface area contributed by atoms with Gasteiger partial charge in [0, 0.05) is 30.9 Å². The van der Waals surface area contributed by atoms with Gasteiger partial charge in [-0.25, -0.2) is 4.79 Å². The predicted octanol–water partition coefficient (Wildman–Crippen LogP) is 3.94. The van der Waals surface area contributed by atoms with Crippen molar-refractivity contribution in [1.29, 1.82) is 0 Å². The summed E-state index contributed by atoms with van der Waals surface area (Å²) >= 11 is 0. The molecule has 0 aromatic heterocycles. The van der Waals surface area contributed by atoms with E-state index in [9.17, 15) is 14.9 Å². The van der Waals surface area contributed by atoms with Crippen molar-refractivity contribution in [3.8, 4) is 0 Å². The third-order valence-corrected chi connectivity index (χ3v) is 5.12. The number of hydrogen-bond donors (Lipinski definition) is 2. The number of likely N-dealkylation sites (tertiary alicyclic amines) is 1. The van der Waals surface area contributed by atoms with Crippen molar-refractivity contribution in [2.45, 2.75) is 26.3 Å². The zero-order valence-electron chi connectivity index (χ0n) is 16.1. The van der Waals surface area contributed by atoms with E-state index in [1.54, 1.807) is 0 Å². The molecule has 1 heterocycles. The number of nitrogens with one attached hydrogen (secondary N) is 2. The molecule has 1 saturated heterocycles. The van der Waals surface area contributed by atoms with Crippen molar-refractivity contribution in [3.63, 3.8) is 0 Å². The fourth-order valence-electron chi connectivity index (χ4n) is 3.38. The molecule has 3 rings (SSSR count). The van der Waals surface area contributed by atoms with Gasteiger partial charge in [0.05, 0.1) is 4.92 Å². The standard InChI is InChI=1S/C21H26N4O3/c1-16-2-4-18(5-3-16)15-24-12-10-17(11-13-24)14-22-21(26)23-19-6-8-20(9-7-19)25(27)28/h2-9,17H,10-15H2,1H3,(H2,22,23,26). The molecular formula is C21H26N4O3. The maximum absolute atomic E-state index is 12.0. The van der Waals surface area contributed by atoms with E-state index in [2.05, 4.69) is 46.7 Å². The lowest BCUT2D eigenvalue weighted by molar-refractivity contribution is -0.384. The summed E-state index contributed by atoms with van der Waals surface area (Å²) in [4.78, 5) is 24.7. The van der Waals surface area contributed by atoms with E-state index < -0.39 is 4.92 Å². The molecule has 7 nitrogen and oxygen atoms in total. The van der Waals surface area contributed by atoms with E-state index >= 15 is 0 Å². The van der Waals surface area contributed by atoms with Gasteiger partial charge in [-0.2, -0.15) is 0 Å². The molecule has 0 radical (unpaired) electrons. The van der Waals surface area contributed by atoms with Gasteiger partial charge in [0.2, 0.25) is 0 Å². The van der Waals surface area contributed by atoms with Crippen molar-refractivity contribution in [1.82, 2.24) is 10.2 Å². The monoisotopic (exact) mass is 382 g/mol. The zero-order chi connectivity index (χ0) is 19.9. The highest BCUT2D eigenvalue weighted by Crippen LogP contribution is 2.19. The predicted molar refractivity (Wildman–Crippen MR) is 109 cm³/mol. The van der Waals surface area contributed by atoms with Crippen molar-refractivity contribution in [2.24, 2.45) is 5.92 Å². The number of nitrogens with zero attached hydrogens (tertiary/aromatic N) is 2. The Hall–Kier alpha value is -2.93. The highest BCUT2D eigenvalue weighted by molar-refractivity contribution is 5.89. The Balaban J connectivity index is 1.37. The summed E-state index contributed by atoms with van der Waals surface area (Å²) in [5, 5.41) is 16.3. The normalized spacial score (nSPS) is 15.2. The molecule has 0 aliphatic carbocycles. The Morgan fingerprint density at radius 2 is 1.75 bits per heavy atom. The van der Waals surface area contributed by atoms with Crippen LogP contribution in [-0.4, -0.2) is 35.5 Å². The van der Waals surface area contributed by atoms with Crippen LogP contribution >= 0.6 is 0 Å². The van der Waals surface area contributed by atoms with Crippen LogP contribution in [0.2, 0.25) is 0 Å². The van der Waals surface area contributed by atoms with E-state index in [0.29, 0.717) is 18.2 Å². The molecule has 0 bridgehead atoms. The summed E-state index contributed by atoms with van der Waals surface area (Å²) in [6, 6.07) is 14.2. The van der Waals surface area contributed by atoms with Gasteiger partial charge in [0.15, 0.2) is 0 Å². The summed E-state index contributed by atoms with van der Waals surface area (Å²) in [5.41, 5.74) is 3.16. The average molecular weight is 382 g/mol. The van der Waals surface area contributed by atoms with Crippen LogP contribution in [0.15, 0.2) is 48.5 Å². The molecule has 2 N–H and O–H groups in total. The molecule has 0 spiro atoms. The Labute approximate surface area is 164 Å². The molecule has 0 saturated carbocycles. The van der Waals surface area contributed by atoms with Gasteiger partial charge >= 0.3 is 6.03 Å². The molecule has 148 valence electrons. The van der Waals surface area contributed by atoms with Gasteiger partial charge < -0.3 is 10.6 Å². The quantitative estimate of drug-likeness (QED) is 0.585. The molecule has 1 fully saturated rings. The number of carbonyl (C=O) groups is 1. The minimum absolute atomic E-state index is 0.00311. The molecule has 2 amide bonds. The Morgan fingerprint density at radius 3 is 2.36 bits per heavy atom. The summed E-state index contributed by atoms with van der Waals surface area (Å²) in [6.45, 7) is 5.77. The molecule has 0 atom stereocenters. The zero-order valence-corrected chi connectivity index (χ0v) is 16.1. The van der Waals surface area contributed by atoms with E-state index in [1.165, 1.54) is 35.4 Å². The van der Waals surface area contributed by atoms with Crippen LogP contribution in [0.1, 0.15) is 24.0 Å². The molecule has 1 aliphatic rings. The van der Waals surface area contributed by atoms with Crippen LogP contribution in [0.4, 0.5) is 16.2 Å². The highest BCUT2D eigenvalue weighted by Gasteiger charge is 2.19. The van der Waals surface area contributed by atoms with Crippen molar-refractivity contribution >= 4 is 17.4 Å². The molecule has 2 aromatic carbocycles. The summed E-state index contributed by atoms with van der Waals surface area (Å²) in [6.07, 6.45) is 2.12. The first-order valence-electron chi connectivity index (χ1n) is 9.57. The van der Waals surface area contributed by atoms with E-state index in [-0.39, 0.29) is 11.7 Å². The van der Waals surface area contributed by atoms with E-state index in [1.807, 2.05) is 0 Å². The van der Waals surface area contributed by atoms with E-state index in [0.717, 1.165) is 32.5 Å².